The topological polar surface area (TPSA) is 82.3 Å². The van der Waals surface area contributed by atoms with Gasteiger partial charge in [-0.2, -0.15) is 5.26 Å². The highest BCUT2D eigenvalue weighted by Crippen LogP contribution is 2.23. The SMILES string of the molecule is COc1cc(Cl)cc(/C=C(\C#N)C(=O)Nc2ccc(O)cc2)c1. The van der Waals surface area contributed by atoms with E-state index in [2.05, 4.69) is 5.32 Å². The summed E-state index contributed by atoms with van der Waals surface area (Å²) < 4.78 is 5.10. The average molecular weight is 329 g/mol. The van der Waals surface area contributed by atoms with Crippen molar-refractivity contribution in [2.45, 2.75) is 0 Å². The monoisotopic (exact) mass is 328 g/mol. The summed E-state index contributed by atoms with van der Waals surface area (Å²) >= 11 is 5.96. The van der Waals surface area contributed by atoms with Gasteiger partial charge < -0.3 is 15.2 Å². The number of hydrogen-bond donors (Lipinski definition) is 2. The van der Waals surface area contributed by atoms with E-state index in [-0.39, 0.29) is 11.3 Å². The highest BCUT2D eigenvalue weighted by Gasteiger charge is 2.10. The number of aromatic hydroxyl groups is 1. The van der Waals surface area contributed by atoms with Crippen molar-refractivity contribution < 1.29 is 14.6 Å². The minimum Gasteiger partial charge on any atom is -0.508 e. The summed E-state index contributed by atoms with van der Waals surface area (Å²) in [7, 11) is 1.50. The Balaban J connectivity index is 2.24. The Morgan fingerprint density at radius 1 is 1.30 bits per heavy atom. The maximum absolute atomic E-state index is 12.1. The van der Waals surface area contributed by atoms with Crippen molar-refractivity contribution in [2.75, 3.05) is 12.4 Å². The summed E-state index contributed by atoms with van der Waals surface area (Å²) in [5, 5.41) is 21.4. The third-order valence-corrected chi connectivity index (χ3v) is 3.15. The molecule has 2 aromatic rings. The first kappa shape index (κ1) is 16.4. The van der Waals surface area contributed by atoms with Crippen LogP contribution in [0.2, 0.25) is 5.02 Å². The Bertz CT molecular complexity index is 792. The summed E-state index contributed by atoms with van der Waals surface area (Å²) in [5.41, 5.74) is 0.965. The molecule has 0 atom stereocenters. The summed E-state index contributed by atoms with van der Waals surface area (Å²) in [5.74, 6) is 0.0576. The molecule has 5 nitrogen and oxygen atoms in total. The van der Waals surface area contributed by atoms with E-state index in [4.69, 9.17) is 16.3 Å². The van der Waals surface area contributed by atoms with Gasteiger partial charge in [0.25, 0.3) is 5.91 Å². The summed E-state index contributed by atoms with van der Waals surface area (Å²) in [6.07, 6.45) is 1.42. The molecule has 0 spiro atoms. The number of phenolic OH excluding ortho intramolecular Hbond substituents is 1. The summed E-state index contributed by atoms with van der Waals surface area (Å²) in [6.45, 7) is 0. The van der Waals surface area contributed by atoms with Crippen LogP contribution in [0.3, 0.4) is 0 Å². The number of nitriles is 1. The van der Waals surface area contributed by atoms with Crippen molar-refractivity contribution in [2.24, 2.45) is 0 Å². The number of phenols is 1. The molecule has 1 amide bonds. The number of amides is 1. The number of carbonyl (C=O) groups excluding carboxylic acids is 1. The first-order valence-corrected chi connectivity index (χ1v) is 6.96. The second kappa shape index (κ2) is 7.34. The highest BCUT2D eigenvalue weighted by molar-refractivity contribution is 6.30. The van der Waals surface area contributed by atoms with Gasteiger partial charge in [0.1, 0.15) is 23.1 Å². The smallest absolute Gasteiger partial charge is 0.266 e. The van der Waals surface area contributed by atoms with E-state index < -0.39 is 5.91 Å². The molecule has 6 heteroatoms. The lowest BCUT2D eigenvalue weighted by atomic mass is 10.1. The largest absolute Gasteiger partial charge is 0.508 e. The van der Waals surface area contributed by atoms with E-state index in [1.54, 1.807) is 18.2 Å². The number of rotatable bonds is 4. The Labute approximate surface area is 138 Å². The number of nitrogens with one attached hydrogen (secondary N) is 1. The van der Waals surface area contributed by atoms with Crippen molar-refractivity contribution in [1.82, 2.24) is 0 Å². The Morgan fingerprint density at radius 2 is 2.00 bits per heavy atom. The van der Waals surface area contributed by atoms with Crippen LogP contribution in [0, 0.1) is 11.3 Å². The molecule has 0 fully saturated rings. The third-order valence-electron chi connectivity index (χ3n) is 2.93. The number of ether oxygens (including phenoxy) is 1. The zero-order valence-corrected chi connectivity index (χ0v) is 13.0. The lowest BCUT2D eigenvalue weighted by molar-refractivity contribution is -0.112. The van der Waals surface area contributed by atoms with Crippen molar-refractivity contribution in [3.63, 3.8) is 0 Å². The van der Waals surface area contributed by atoms with E-state index in [9.17, 15) is 15.2 Å². The maximum Gasteiger partial charge on any atom is 0.266 e. The molecule has 0 heterocycles. The van der Waals surface area contributed by atoms with E-state index >= 15 is 0 Å². The second-order valence-electron chi connectivity index (χ2n) is 4.60. The Kier molecular flexibility index (Phi) is 5.23. The van der Waals surface area contributed by atoms with Crippen LogP contribution in [0.5, 0.6) is 11.5 Å². The standard InChI is InChI=1S/C17H13ClN2O3/c1-23-16-8-11(7-13(18)9-16)6-12(10-19)17(22)20-14-2-4-15(21)5-3-14/h2-9,21H,1H3,(H,20,22)/b12-6+. The number of anilines is 1. The molecule has 0 saturated carbocycles. The molecule has 0 radical (unpaired) electrons. The van der Waals surface area contributed by atoms with E-state index in [1.807, 2.05) is 6.07 Å². The Hall–Kier alpha value is -2.97. The molecule has 0 aliphatic carbocycles. The first-order chi connectivity index (χ1) is 11.0. The van der Waals surface area contributed by atoms with Gasteiger partial charge >= 0.3 is 0 Å². The normalized spacial score (nSPS) is 10.7. The summed E-state index contributed by atoms with van der Waals surface area (Å²) in [4.78, 5) is 12.1. The second-order valence-corrected chi connectivity index (χ2v) is 5.03. The van der Waals surface area contributed by atoms with Crippen molar-refractivity contribution in [1.29, 1.82) is 5.26 Å². The average Bonchev–Trinajstić information content (AvgIpc) is 2.54. The minimum absolute atomic E-state index is 0.0811. The molecule has 23 heavy (non-hydrogen) atoms. The molecular weight excluding hydrogens is 316 g/mol. The van der Waals surface area contributed by atoms with Gasteiger partial charge in [-0.25, -0.2) is 0 Å². The van der Waals surface area contributed by atoms with Crippen molar-refractivity contribution in [3.8, 4) is 17.6 Å². The molecule has 2 aromatic carbocycles. The number of nitrogens with zero attached hydrogens (tertiary/aromatic N) is 1. The molecule has 0 unspecified atom stereocenters. The van der Waals surface area contributed by atoms with Gasteiger partial charge in [0.2, 0.25) is 0 Å². The number of hydrogen-bond acceptors (Lipinski definition) is 4. The molecule has 0 saturated heterocycles. The van der Waals surface area contributed by atoms with Gasteiger partial charge in [-0.15, -0.1) is 0 Å². The first-order valence-electron chi connectivity index (χ1n) is 6.58. The van der Waals surface area contributed by atoms with Crippen LogP contribution in [0.1, 0.15) is 5.56 Å². The van der Waals surface area contributed by atoms with Gasteiger partial charge in [0.05, 0.1) is 7.11 Å². The number of halogens is 1. The molecule has 2 rings (SSSR count). The van der Waals surface area contributed by atoms with Crippen LogP contribution >= 0.6 is 11.6 Å². The van der Waals surface area contributed by atoms with Crippen LogP contribution in [-0.2, 0) is 4.79 Å². The molecule has 0 bridgehead atoms. The van der Waals surface area contributed by atoms with Gasteiger partial charge in [-0.05, 0) is 54.1 Å². The quantitative estimate of drug-likeness (QED) is 0.510. The molecule has 2 N–H and O–H groups in total. The number of carbonyl (C=O) groups is 1. The fourth-order valence-corrected chi connectivity index (χ4v) is 2.08. The number of methoxy groups -OCH3 is 1. The lowest BCUT2D eigenvalue weighted by Gasteiger charge is -2.05. The molecular formula is C17H13ClN2O3. The lowest BCUT2D eigenvalue weighted by Crippen LogP contribution is -2.13. The number of benzene rings is 2. The van der Waals surface area contributed by atoms with Crippen LogP contribution in [-0.4, -0.2) is 18.1 Å². The van der Waals surface area contributed by atoms with E-state index in [1.165, 1.54) is 37.5 Å². The van der Waals surface area contributed by atoms with E-state index in [0.717, 1.165) is 0 Å². The predicted molar refractivity (Wildman–Crippen MR) is 88.3 cm³/mol. The van der Waals surface area contributed by atoms with Crippen LogP contribution in [0.25, 0.3) is 6.08 Å². The van der Waals surface area contributed by atoms with Crippen LogP contribution in [0.15, 0.2) is 48.0 Å². The highest BCUT2D eigenvalue weighted by atomic mass is 35.5. The van der Waals surface area contributed by atoms with Gasteiger partial charge in [-0.3, -0.25) is 4.79 Å². The van der Waals surface area contributed by atoms with Gasteiger partial charge in [-0.1, -0.05) is 11.6 Å². The van der Waals surface area contributed by atoms with Crippen molar-refractivity contribution in [3.05, 3.63) is 58.6 Å². The van der Waals surface area contributed by atoms with Gasteiger partial charge in [0.15, 0.2) is 0 Å². The third kappa shape index (κ3) is 4.50. The fourth-order valence-electron chi connectivity index (χ4n) is 1.84. The molecule has 0 aliphatic rings. The molecule has 0 aliphatic heterocycles. The van der Waals surface area contributed by atoms with Crippen LogP contribution in [0.4, 0.5) is 5.69 Å². The Morgan fingerprint density at radius 3 is 2.61 bits per heavy atom. The predicted octanol–water partition coefficient (Wildman–Crippen LogP) is 3.60. The molecule has 116 valence electrons. The molecule has 0 aromatic heterocycles. The van der Waals surface area contributed by atoms with Crippen molar-refractivity contribution >= 4 is 29.3 Å². The zero-order chi connectivity index (χ0) is 16.8. The minimum atomic E-state index is -0.558. The zero-order valence-electron chi connectivity index (χ0n) is 12.2. The summed E-state index contributed by atoms with van der Waals surface area (Å²) in [6, 6.07) is 12.7. The van der Waals surface area contributed by atoms with E-state index in [0.29, 0.717) is 22.0 Å². The fraction of sp³-hybridized carbons (Fsp3) is 0.0588. The maximum atomic E-state index is 12.1. The van der Waals surface area contributed by atoms with Crippen LogP contribution < -0.4 is 10.1 Å². The van der Waals surface area contributed by atoms with Gasteiger partial charge in [0, 0.05) is 10.7 Å².